The second-order valence-electron chi connectivity index (χ2n) is 5.91. The summed E-state index contributed by atoms with van der Waals surface area (Å²) < 4.78 is 38.7. The lowest BCUT2D eigenvalue weighted by Gasteiger charge is -2.30. The van der Waals surface area contributed by atoms with E-state index in [1.165, 1.54) is 16.6 Å². The highest BCUT2D eigenvalue weighted by Crippen LogP contribution is 2.28. The van der Waals surface area contributed by atoms with Crippen molar-refractivity contribution in [3.8, 4) is 11.1 Å². The van der Waals surface area contributed by atoms with Gasteiger partial charge in [-0.2, -0.15) is 0 Å². The normalized spacial score (nSPS) is 19.7. The molecule has 122 valence electrons. The lowest BCUT2D eigenvalue weighted by atomic mass is 9.95. The van der Waals surface area contributed by atoms with Gasteiger partial charge in [-0.25, -0.2) is 17.1 Å². The number of hydrogen-bond donors (Lipinski definition) is 0. The Balaban J connectivity index is 1.81. The van der Waals surface area contributed by atoms with Gasteiger partial charge in [0.1, 0.15) is 5.82 Å². The van der Waals surface area contributed by atoms with Gasteiger partial charge in [-0.15, -0.1) is 0 Å². The molecule has 0 radical (unpaired) electrons. The van der Waals surface area contributed by atoms with E-state index in [1.54, 1.807) is 24.4 Å². The Morgan fingerprint density at radius 3 is 2.65 bits per heavy atom. The Bertz CT molecular complexity index is 790. The molecule has 1 aromatic carbocycles. The smallest absolute Gasteiger partial charge is 0.211 e. The van der Waals surface area contributed by atoms with Gasteiger partial charge in [0, 0.05) is 42.0 Å². The van der Waals surface area contributed by atoms with Gasteiger partial charge in [0.15, 0.2) is 0 Å². The molecule has 2 aromatic rings. The largest absolute Gasteiger partial charge is 0.260 e. The van der Waals surface area contributed by atoms with E-state index < -0.39 is 10.0 Å². The van der Waals surface area contributed by atoms with E-state index in [9.17, 15) is 12.8 Å². The molecular weight excluding hydrogens is 315 g/mol. The lowest BCUT2D eigenvalue weighted by molar-refractivity contribution is 0.314. The standard InChI is InChI=1S/C17H19FN2O2S/c1-23(21,22)20-10-4-5-14(12-20)17-9-8-13(11-19-17)15-6-2-3-7-16(15)18/h2-3,6-9,11,14H,4-5,10,12H2,1H3/t14-/m0/s1. The number of hydrogen-bond acceptors (Lipinski definition) is 3. The molecule has 0 spiro atoms. The summed E-state index contributed by atoms with van der Waals surface area (Å²) in [5.74, 6) is -0.184. The van der Waals surface area contributed by atoms with E-state index >= 15 is 0 Å². The van der Waals surface area contributed by atoms with Crippen molar-refractivity contribution >= 4 is 10.0 Å². The topological polar surface area (TPSA) is 50.3 Å². The van der Waals surface area contributed by atoms with Crippen LogP contribution >= 0.6 is 0 Å². The van der Waals surface area contributed by atoms with E-state index in [4.69, 9.17) is 0 Å². The maximum absolute atomic E-state index is 13.8. The summed E-state index contributed by atoms with van der Waals surface area (Å²) in [7, 11) is -3.17. The monoisotopic (exact) mass is 334 g/mol. The molecule has 6 heteroatoms. The highest BCUT2D eigenvalue weighted by atomic mass is 32.2. The maximum Gasteiger partial charge on any atom is 0.211 e. The number of pyridine rings is 1. The summed E-state index contributed by atoms with van der Waals surface area (Å²) in [6, 6.07) is 10.3. The molecule has 1 aliphatic rings. The molecule has 0 saturated carbocycles. The molecule has 0 bridgehead atoms. The first kappa shape index (κ1) is 16.1. The molecule has 2 heterocycles. The quantitative estimate of drug-likeness (QED) is 0.867. The van der Waals surface area contributed by atoms with Crippen LogP contribution in [0.3, 0.4) is 0 Å². The number of aromatic nitrogens is 1. The number of sulfonamides is 1. The van der Waals surface area contributed by atoms with Gasteiger partial charge >= 0.3 is 0 Å². The first-order valence-corrected chi connectivity index (χ1v) is 9.46. The van der Waals surface area contributed by atoms with Gasteiger partial charge in [0.25, 0.3) is 0 Å². The highest BCUT2D eigenvalue weighted by Gasteiger charge is 2.27. The minimum absolute atomic E-state index is 0.0909. The van der Waals surface area contributed by atoms with Gasteiger partial charge in [-0.1, -0.05) is 24.3 Å². The molecule has 0 N–H and O–H groups in total. The van der Waals surface area contributed by atoms with E-state index in [0.717, 1.165) is 24.1 Å². The van der Waals surface area contributed by atoms with Gasteiger partial charge in [-0.05, 0) is 25.0 Å². The minimum atomic E-state index is -3.17. The predicted octanol–water partition coefficient (Wildman–Crippen LogP) is 3.03. The molecule has 1 aromatic heterocycles. The van der Waals surface area contributed by atoms with Crippen LogP contribution in [0, 0.1) is 5.82 Å². The fourth-order valence-electron chi connectivity index (χ4n) is 2.99. The zero-order valence-electron chi connectivity index (χ0n) is 12.9. The van der Waals surface area contributed by atoms with E-state index in [1.807, 2.05) is 12.1 Å². The van der Waals surface area contributed by atoms with E-state index in [0.29, 0.717) is 18.7 Å². The second-order valence-corrected chi connectivity index (χ2v) is 7.89. The number of halogens is 1. The van der Waals surface area contributed by atoms with Crippen molar-refractivity contribution < 1.29 is 12.8 Å². The van der Waals surface area contributed by atoms with Crippen molar-refractivity contribution in [2.24, 2.45) is 0 Å². The maximum atomic E-state index is 13.8. The van der Waals surface area contributed by atoms with Crippen LogP contribution in [0.5, 0.6) is 0 Å². The van der Waals surface area contributed by atoms with Gasteiger partial charge < -0.3 is 0 Å². The first-order valence-electron chi connectivity index (χ1n) is 7.61. The minimum Gasteiger partial charge on any atom is -0.260 e. The molecule has 3 rings (SSSR count). The third-order valence-corrected chi connectivity index (χ3v) is 5.51. The number of rotatable bonds is 3. The molecular formula is C17H19FN2O2S. The Morgan fingerprint density at radius 1 is 1.22 bits per heavy atom. The molecule has 0 unspecified atom stereocenters. The van der Waals surface area contributed by atoms with E-state index in [-0.39, 0.29) is 11.7 Å². The zero-order chi connectivity index (χ0) is 16.4. The van der Waals surface area contributed by atoms with Crippen molar-refractivity contribution in [1.29, 1.82) is 0 Å². The van der Waals surface area contributed by atoms with Crippen LogP contribution < -0.4 is 0 Å². The van der Waals surface area contributed by atoms with Crippen LogP contribution in [-0.4, -0.2) is 37.1 Å². The molecule has 1 atom stereocenters. The molecule has 4 nitrogen and oxygen atoms in total. The van der Waals surface area contributed by atoms with Crippen LogP contribution in [0.4, 0.5) is 4.39 Å². The number of piperidine rings is 1. The third kappa shape index (κ3) is 3.59. The molecule has 0 aliphatic carbocycles. The SMILES string of the molecule is CS(=O)(=O)N1CCC[C@H](c2ccc(-c3ccccc3F)cn2)C1. The Hall–Kier alpha value is -1.79. The van der Waals surface area contributed by atoms with Crippen LogP contribution in [0.25, 0.3) is 11.1 Å². The van der Waals surface area contributed by atoms with Crippen molar-refractivity contribution in [3.63, 3.8) is 0 Å². The highest BCUT2D eigenvalue weighted by molar-refractivity contribution is 7.88. The van der Waals surface area contributed by atoms with Crippen LogP contribution in [0.2, 0.25) is 0 Å². The Kier molecular flexibility index (Phi) is 4.46. The summed E-state index contributed by atoms with van der Waals surface area (Å²) >= 11 is 0. The second kappa shape index (κ2) is 6.37. The third-order valence-electron chi connectivity index (χ3n) is 4.24. The Labute approximate surface area is 136 Å². The van der Waals surface area contributed by atoms with Gasteiger partial charge in [0.05, 0.1) is 6.26 Å². The van der Waals surface area contributed by atoms with Gasteiger partial charge in [0.2, 0.25) is 10.0 Å². The molecule has 0 amide bonds. The number of benzene rings is 1. The van der Waals surface area contributed by atoms with Crippen LogP contribution in [0.1, 0.15) is 24.5 Å². The van der Waals surface area contributed by atoms with Gasteiger partial charge in [-0.3, -0.25) is 4.98 Å². The predicted molar refractivity (Wildman–Crippen MR) is 88.0 cm³/mol. The summed E-state index contributed by atoms with van der Waals surface area (Å²) in [5.41, 5.74) is 2.11. The first-order chi connectivity index (χ1) is 10.9. The van der Waals surface area contributed by atoms with Crippen molar-refractivity contribution in [3.05, 3.63) is 54.1 Å². The molecule has 23 heavy (non-hydrogen) atoms. The molecule has 1 saturated heterocycles. The molecule has 1 fully saturated rings. The van der Waals surface area contributed by atoms with E-state index in [2.05, 4.69) is 4.98 Å². The number of nitrogens with zero attached hydrogens (tertiary/aromatic N) is 2. The summed E-state index contributed by atoms with van der Waals surface area (Å²) in [6.45, 7) is 1.04. The fraction of sp³-hybridized carbons (Fsp3) is 0.353. The van der Waals surface area contributed by atoms with Crippen molar-refractivity contribution in [2.45, 2.75) is 18.8 Å². The Morgan fingerprint density at radius 2 is 2.00 bits per heavy atom. The van der Waals surface area contributed by atoms with Crippen LogP contribution in [0.15, 0.2) is 42.6 Å². The summed E-state index contributed by atoms with van der Waals surface area (Å²) in [5, 5.41) is 0. The average molecular weight is 334 g/mol. The van der Waals surface area contributed by atoms with Crippen LogP contribution in [-0.2, 0) is 10.0 Å². The fourth-order valence-corrected chi connectivity index (χ4v) is 3.90. The molecule has 1 aliphatic heterocycles. The summed E-state index contributed by atoms with van der Waals surface area (Å²) in [6.07, 6.45) is 4.64. The average Bonchev–Trinajstić information content (AvgIpc) is 2.55. The summed E-state index contributed by atoms with van der Waals surface area (Å²) in [4.78, 5) is 4.45. The lowest BCUT2D eigenvalue weighted by Crippen LogP contribution is -2.38. The zero-order valence-corrected chi connectivity index (χ0v) is 13.8. The van der Waals surface area contributed by atoms with Crippen molar-refractivity contribution in [1.82, 2.24) is 9.29 Å². The van der Waals surface area contributed by atoms with Crippen molar-refractivity contribution in [2.75, 3.05) is 19.3 Å².